The van der Waals surface area contributed by atoms with Gasteiger partial charge in [-0.3, -0.25) is 0 Å². The number of rotatable bonds is 6. The van der Waals surface area contributed by atoms with Gasteiger partial charge >= 0.3 is 0 Å². The van der Waals surface area contributed by atoms with Gasteiger partial charge in [-0.25, -0.2) is 0 Å². The van der Waals surface area contributed by atoms with E-state index in [1.807, 2.05) is 12.1 Å². The zero-order chi connectivity index (χ0) is 13.7. The zero-order valence-corrected chi connectivity index (χ0v) is 12.1. The maximum atomic E-state index is 5.39. The molecule has 1 N–H and O–H groups in total. The van der Waals surface area contributed by atoms with E-state index in [2.05, 4.69) is 29.4 Å². The first-order chi connectivity index (χ1) is 9.22. The standard InChI is InChI=1S/C15H24N2O2/c1-17(11-13-8-14(18-2)9-16-13)10-12-6-4-5-7-15(12)19-3/h4-7,13-14,16H,8-11H2,1-3H3. The van der Waals surface area contributed by atoms with Gasteiger partial charge in [0, 0.05) is 38.3 Å². The molecule has 1 aromatic carbocycles. The lowest BCUT2D eigenvalue weighted by molar-refractivity contribution is 0.116. The van der Waals surface area contributed by atoms with Gasteiger partial charge in [0.1, 0.15) is 5.75 Å². The summed E-state index contributed by atoms with van der Waals surface area (Å²) in [5.41, 5.74) is 1.23. The summed E-state index contributed by atoms with van der Waals surface area (Å²) in [6.07, 6.45) is 1.46. The number of hydrogen-bond donors (Lipinski definition) is 1. The largest absolute Gasteiger partial charge is 0.496 e. The van der Waals surface area contributed by atoms with Gasteiger partial charge in [-0.2, -0.15) is 0 Å². The highest BCUT2D eigenvalue weighted by molar-refractivity contribution is 5.33. The first-order valence-corrected chi connectivity index (χ1v) is 6.79. The summed E-state index contributed by atoms with van der Waals surface area (Å²) >= 11 is 0. The number of methoxy groups -OCH3 is 2. The van der Waals surface area contributed by atoms with Gasteiger partial charge in [-0.05, 0) is 19.5 Å². The minimum Gasteiger partial charge on any atom is -0.496 e. The average Bonchev–Trinajstić information content (AvgIpc) is 2.87. The number of nitrogens with zero attached hydrogens (tertiary/aromatic N) is 1. The van der Waals surface area contributed by atoms with E-state index in [1.165, 1.54) is 5.56 Å². The Bertz CT molecular complexity index is 397. The first kappa shape index (κ1) is 14.3. The molecule has 2 atom stereocenters. The molecule has 1 fully saturated rings. The van der Waals surface area contributed by atoms with Crippen LogP contribution in [0.3, 0.4) is 0 Å². The normalized spacial score (nSPS) is 22.9. The van der Waals surface area contributed by atoms with E-state index in [0.717, 1.165) is 31.8 Å². The second-order valence-corrected chi connectivity index (χ2v) is 5.21. The average molecular weight is 264 g/mol. The molecule has 4 heteroatoms. The number of hydrogen-bond acceptors (Lipinski definition) is 4. The van der Waals surface area contributed by atoms with E-state index in [9.17, 15) is 0 Å². The minimum atomic E-state index is 0.365. The molecule has 19 heavy (non-hydrogen) atoms. The molecule has 1 aromatic rings. The smallest absolute Gasteiger partial charge is 0.123 e. The second-order valence-electron chi connectivity index (χ2n) is 5.21. The molecule has 0 aliphatic carbocycles. The van der Waals surface area contributed by atoms with Crippen LogP contribution in [0.4, 0.5) is 0 Å². The monoisotopic (exact) mass is 264 g/mol. The lowest BCUT2D eigenvalue weighted by Crippen LogP contribution is -2.35. The Morgan fingerprint density at radius 1 is 1.32 bits per heavy atom. The summed E-state index contributed by atoms with van der Waals surface area (Å²) in [6, 6.07) is 8.71. The van der Waals surface area contributed by atoms with E-state index in [4.69, 9.17) is 9.47 Å². The summed E-state index contributed by atoms with van der Waals surface area (Å²) in [5.74, 6) is 0.962. The topological polar surface area (TPSA) is 33.7 Å². The predicted octanol–water partition coefficient (Wildman–Crippen LogP) is 1.50. The van der Waals surface area contributed by atoms with Crippen molar-refractivity contribution in [2.24, 2.45) is 0 Å². The summed E-state index contributed by atoms with van der Waals surface area (Å²) in [6.45, 7) is 2.89. The molecule has 0 amide bonds. The van der Waals surface area contributed by atoms with Gasteiger partial charge in [0.25, 0.3) is 0 Å². The Labute approximate surface area is 115 Å². The van der Waals surface area contributed by atoms with E-state index >= 15 is 0 Å². The molecule has 1 aliphatic heterocycles. The maximum absolute atomic E-state index is 5.39. The molecule has 2 rings (SSSR count). The Morgan fingerprint density at radius 2 is 2.11 bits per heavy atom. The van der Waals surface area contributed by atoms with Crippen LogP contribution in [0.1, 0.15) is 12.0 Å². The van der Waals surface area contributed by atoms with Crippen LogP contribution >= 0.6 is 0 Å². The van der Waals surface area contributed by atoms with Crippen LogP contribution in [0.25, 0.3) is 0 Å². The van der Waals surface area contributed by atoms with Gasteiger partial charge < -0.3 is 19.7 Å². The lowest BCUT2D eigenvalue weighted by Gasteiger charge is -2.22. The van der Waals surface area contributed by atoms with E-state index in [0.29, 0.717) is 12.1 Å². The van der Waals surface area contributed by atoms with Crippen LogP contribution < -0.4 is 10.1 Å². The second kappa shape index (κ2) is 6.89. The highest BCUT2D eigenvalue weighted by atomic mass is 16.5. The molecule has 1 heterocycles. The van der Waals surface area contributed by atoms with E-state index in [1.54, 1.807) is 14.2 Å². The van der Waals surface area contributed by atoms with Crippen molar-refractivity contribution in [2.45, 2.75) is 25.1 Å². The lowest BCUT2D eigenvalue weighted by atomic mass is 10.1. The van der Waals surface area contributed by atoms with Crippen molar-refractivity contribution in [1.29, 1.82) is 0 Å². The van der Waals surface area contributed by atoms with Crippen molar-refractivity contribution in [3.05, 3.63) is 29.8 Å². The van der Waals surface area contributed by atoms with Crippen LogP contribution in [0.5, 0.6) is 5.75 Å². The molecule has 0 spiro atoms. The quantitative estimate of drug-likeness (QED) is 0.844. The molecule has 0 bridgehead atoms. The highest BCUT2D eigenvalue weighted by Crippen LogP contribution is 2.19. The van der Waals surface area contributed by atoms with Crippen molar-refractivity contribution in [3.8, 4) is 5.75 Å². The van der Waals surface area contributed by atoms with E-state index in [-0.39, 0.29) is 0 Å². The van der Waals surface area contributed by atoms with Gasteiger partial charge in [0.2, 0.25) is 0 Å². The molecular weight excluding hydrogens is 240 g/mol. The fourth-order valence-electron chi connectivity index (χ4n) is 2.67. The number of benzene rings is 1. The Balaban J connectivity index is 1.85. The SMILES string of the molecule is COc1ccccc1CN(C)CC1CC(OC)CN1. The molecule has 0 aromatic heterocycles. The minimum absolute atomic E-state index is 0.365. The van der Waals surface area contributed by atoms with Crippen molar-refractivity contribution in [2.75, 3.05) is 34.4 Å². The van der Waals surface area contributed by atoms with Gasteiger partial charge in [0.05, 0.1) is 13.2 Å². The third-order valence-electron chi connectivity index (χ3n) is 3.68. The number of para-hydroxylation sites is 1. The molecular formula is C15H24N2O2. The third-order valence-corrected chi connectivity index (χ3v) is 3.68. The Hall–Kier alpha value is -1.10. The number of likely N-dealkylation sites (N-methyl/N-ethyl adjacent to an activating group) is 1. The summed E-state index contributed by atoms with van der Waals surface area (Å²) in [7, 11) is 5.65. The summed E-state index contributed by atoms with van der Waals surface area (Å²) < 4.78 is 10.8. The molecule has 0 saturated carbocycles. The molecule has 4 nitrogen and oxygen atoms in total. The molecule has 1 saturated heterocycles. The zero-order valence-electron chi connectivity index (χ0n) is 12.1. The van der Waals surface area contributed by atoms with Crippen LogP contribution in [-0.4, -0.2) is 51.4 Å². The number of nitrogens with one attached hydrogen (secondary N) is 1. The fraction of sp³-hybridized carbons (Fsp3) is 0.600. The summed E-state index contributed by atoms with van der Waals surface area (Å²) in [5, 5.41) is 3.50. The first-order valence-electron chi connectivity index (χ1n) is 6.79. The van der Waals surface area contributed by atoms with E-state index < -0.39 is 0 Å². The molecule has 1 aliphatic rings. The van der Waals surface area contributed by atoms with Crippen LogP contribution in [0.15, 0.2) is 24.3 Å². The van der Waals surface area contributed by atoms with Crippen LogP contribution in [-0.2, 0) is 11.3 Å². The van der Waals surface area contributed by atoms with Crippen molar-refractivity contribution < 1.29 is 9.47 Å². The number of ether oxygens (including phenoxy) is 2. The van der Waals surface area contributed by atoms with Crippen LogP contribution in [0, 0.1) is 0 Å². The third kappa shape index (κ3) is 3.93. The highest BCUT2D eigenvalue weighted by Gasteiger charge is 2.24. The molecule has 106 valence electrons. The molecule has 0 radical (unpaired) electrons. The van der Waals surface area contributed by atoms with Gasteiger partial charge in [0.15, 0.2) is 0 Å². The van der Waals surface area contributed by atoms with Crippen LogP contribution in [0.2, 0.25) is 0 Å². The maximum Gasteiger partial charge on any atom is 0.123 e. The van der Waals surface area contributed by atoms with Crippen molar-refractivity contribution >= 4 is 0 Å². The van der Waals surface area contributed by atoms with Gasteiger partial charge in [-0.1, -0.05) is 18.2 Å². The Morgan fingerprint density at radius 3 is 2.79 bits per heavy atom. The van der Waals surface area contributed by atoms with Crippen molar-refractivity contribution in [1.82, 2.24) is 10.2 Å². The Kier molecular flexibility index (Phi) is 5.19. The van der Waals surface area contributed by atoms with Gasteiger partial charge in [-0.15, -0.1) is 0 Å². The fourth-order valence-corrected chi connectivity index (χ4v) is 2.67. The summed E-state index contributed by atoms with van der Waals surface area (Å²) in [4.78, 5) is 2.33. The van der Waals surface area contributed by atoms with Crippen molar-refractivity contribution in [3.63, 3.8) is 0 Å². The molecule has 2 unspecified atom stereocenters. The predicted molar refractivity (Wildman–Crippen MR) is 76.5 cm³/mol.